The average Bonchev–Trinajstić information content (AvgIpc) is 3.00. The molecule has 4 nitrogen and oxygen atoms in total. The fraction of sp³-hybridized carbons (Fsp3) is 0.500. The third-order valence-electron chi connectivity index (χ3n) is 4.35. The summed E-state index contributed by atoms with van der Waals surface area (Å²) in [5.41, 5.74) is 0.135. The van der Waals surface area contributed by atoms with Crippen LogP contribution in [-0.4, -0.2) is 33.6 Å². The Morgan fingerprint density at radius 3 is 2.86 bits per heavy atom. The maximum atomic E-state index is 13.8. The van der Waals surface area contributed by atoms with Crippen molar-refractivity contribution in [1.29, 1.82) is 0 Å². The zero-order valence-electron chi connectivity index (χ0n) is 12.3. The first-order chi connectivity index (χ1) is 10.2. The van der Waals surface area contributed by atoms with Gasteiger partial charge >= 0.3 is 0 Å². The number of hydrogen-bond acceptors (Lipinski definition) is 3. The number of fused-ring (bicyclic) bond motifs is 1. The number of likely N-dealkylation sites (tertiary alicyclic amines) is 1. The molecule has 1 atom stereocenters. The number of hydrogen-bond donors (Lipinski definition) is 0. The summed E-state index contributed by atoms with van der Waals surface area (Å²) in [5.74, 6) is -0.494. The highest BCUT2D eigenvalue weighted by Gasteiger charge is 2.18. The fourth-order valence-electron chi connectivity index (χ4n) is 3.01. The van der Waals surface area contributed by atoms with Crippen LogP contribution in [0.5, 0.6) is 0 Å². The van der Waals surface area contributed by atoms with Crippen LogP contribution >= 0.6 is 0 Å². The molecule has 1 aliphatic heterocycles. The molecule has 1 aliphatic rings. The average molecular weight is 289 g/mol. The van der Waals surface area contributed by atoms with Gasteiger partial charge in [-0.15, -0.1) is 0 Å². The van der Waals surface area contributed by atoms with Crippen molar-refractivity contribution in [1.82, 2.24) is 14.5 Å². The van der Waals surface area contributed by atoms with Crippen molar-refractivity contribution in [2.24, 2.45) is 0 Å². The Labute approximate surface area is 123 Å². The fourth-order valence-corrected chi connectivity index (χ4v) is 3.01. The van der Waals surface area contributed by atoms with Crippen LogP contribution in [-0.2, 0) is 6.54 Å². The molecule has 0 aliphatic carbocycles. The molecule has 1 saturated heterocycles. The topological polar surface area (TPSA) is 38.1 Å². The summed E-state index contributed by atoms with van der Waals surface area (Å²) in [4.78, 5) is 19.0. The maximum Gasteiger partial charge on any atom is 0.264 e. The van der Waals surface area contributed by atoms with Crippen molar-refractivity contribution in [3.8, 4) is 0 Å². The van der Waals surface area contributed by atoms with Crippen LogP contribution in [0.25, 0.3) is 10.9 Å². The van der Waals surface area contributed by atoms with E-state index >= 15 is 0 Å². The molecule has 5 heteroatoms. The van der Waals surface area contributed by atoms with Gasteiger partial charge in [0.1, 0.15) is 11.2 Å². The van der Waals surface area contributed by atoms with E-state index in [1.807, 2.05) is 0 Å². The molecule has 21 heavy (non-hydrogen) atoms. The number of rotatable bonds is 4. The van der Waals surface area contributed by atoms with E-state index in [-0.39, 0.29) is 10.9 Å². The minimum Gasteiger partial charge on any atom is -0.301 e. The lowest BCUT2D eigenvalue weighted by Crippen LogP contribution is -2.32. The van der Waals surface area contributed by atoms with Gasteiger partial charge in [-0.3, -0.25) is 9.36 Å². The molecule has 3 rings (SSSR count). The van der Waals surface area contributed by atoms with Crippen molar-refractivity contribution in [3.05, 3.63) is 40.7 Å². The number of aryl methyl sites for hydroxylation is 1. The van der Waals surface area contributed by atoms with Gasteiger partial charge in [0.05, 0.1) is 11.8 Å². The van der Waals surface area contributed by atoms with Gasteiger partial charge in [-0.2, -0.15) is 0 Å². The first-order valence-electron chi connectivity index (χ1n) is 7.54. The van der Waals surface area contributed by atoms with Crippen molar-refractivity contribution < 1.29 is 4.39 Å². The zero-order valence-corrected chi connectivity index (χ0v) is 12.3. The summed E-state index contributed by atoms with van der Waals surface area (Å²) in [7, 11) is 0. The van der Waals surface area contributed by atoms with E-state index in [2.05, 4.69) is 16.8 Å². The van der Waals surface area contributed by atoms with Crippen LogP contribution in [0.2, 0.25) is 0 Å². The van der Waals surface area contributed by atoms with Gasteiger partial charge in [-0.25, -0.2) is 9.37 Å². The lowest BCUT2D eigenvalue weighted by atomic mass is 10.2. The molecule has 0 N–H and O–H groups in total. The Bertz CT molecular complexity index is 691. The van der Waals surface area contributed by atoms with E-state index < -0.39 is 5.82 Å². The van der Waals surface area contributed by atoms with Gasteiger partial charge in [0.15, 0.2) is 0 Å². The largest absolute Gasteiger partial charge is 0.301 e. The second kappa shape index (κ2) is 5.93. The first kappa shape index (κ1) is 14.2. The van der Waals surface area contributed by atoms with Gasteiger partial charge in [0.25, 0.3) is 5.56 Å². The third kappa shape index (κ3) is 2.83. The Morgan fingerprint density at radius 2 is 2.10 bits per heavy atom. The molecule has 2 aromatic rings. The highest BCUT2D eigenvalue weighted by Crippen LogP contribution is 2.15. The molecule has 0 unspecified atom stereocenters. The van der Waals surface area contributed by atoms with E-state index in [0.29, 0.717) is 18.1 Å². The summed E-state index contributed by atoms with van der Waals surface area (Å²) in [5, 5.41) is 0.0915. The van der Waals surface area contributed by atoms with E-state index in [4.69, 9.17) is 0 Å². The minimum absolute atomic E-state index is 0.0915. The highest BCUT2D eigenvalue weighted by atomic mass is 19.1. The highest BCUT2D eigenvalue weighted by molar-refractivity contribution is 5.77. The predicted molar refractivity (Wildman–Crippen MR) is 80.8 cm³/mol. The minimum atomic E-state index is -0.494. The van der Waals surface area contributed by atoms with Gasteiger partial charge in [-0.1, -0.05) is 6.07 Å². The molecule has 1 fully saturated rings. The smallest absolute Gasteiger partial charge is 0.264 e. The summed E-state index contributed by atoms with van der Waals surface area (Å²) in [6.45, 7) is 5.04. The Morgan fingerprint density at radius 1 is 1.33 bits per heavy atom. The lowest BCUT2D eigenvalue weighted by molar-refractivity contribution is 0.239. The van der Waals surface area contributed by atoms with Crippen molar-refractivity contribution in [3.63, 3.8) is 0 Å². The van der Waals surface area contributed by atoms with Crippen molar-refractivity contribution in [2.75, 3.05) is 13.1 Å². The van der Waals surface area contributed by atoms with Gasteiger partial charge in [0, 0.05) is 12.6 Å². The van der Waals surface area contributed by atoms with Crippen LogP contribution in [0, 0.1) is 5.82 Å². The Kier molecular flexibility index (Phi) is 4.01. The predicted octanol–water partition coefficient (Wildman–Crippen LogP) is 2.41. The second-order valence-electron chi connectivity index (χ2n) is 5.76. The molecule has 1 aromatic heterocycles. The molecule has 0 amide bonds. The first-order valence-corrected chi connectivity index (χ1v) is 7.54. The van der Waals surface area contributed by atoms with Crippen LogP contribution in [0.4, 0.5) is 4.39 Å². The maximum absolute atomic E-state index is 13.8. The molecule has 0 saturated carbocycles. The molecule has 112 valence electrons. The monoisotopic (exact) mass is 289 g/mol. The normalized spacial score (nSPS) is 17.4. The summed E-state index contributed by atoms with van der Waals surface area (Å²) >= 11 is 0. The van der Waals surface area contributed by atoms with E-state index in [1.165, 1.54) is 29.8 Å². The molecule has 1 aromatic carbocycles. The van der Waals surface area contributed by atoms with Crippen molar-refractivity contribution >= 4 is 10.9 Å². The van der Waals surface area contributed by atoms with Crippen LogP contribution in [0.15, 0.2) is 29.3 Å². The summed E-state index contributed by atoms with van der Waals surface area (Å²) < 4.78 is 15.3. The zero-order chi connectivity index (χ0) is 14.8. The van der Waals surface area contributed by atoms with Crippen LogP contribution in [0.1, 0.15) is 26.2 Å². The second-order valence-corrected chi connectivity index (χ2v) is 5.76. The molecule has 0 bridgehead atoms. The number of aromatic nitrogens is 2. The van der Waals surface area contributed by atoms with Crippen molar-refractivity contribution in [2.45, 2.75) is 38.8 Å². The Hall–Kier alpha value is -1.75. The summed E-state index contributed by atoms with van der Waals surface area (Å²) in [6.07, 6.45) is 4.92. The van der Waals surface area contributed by atoms with Gasteiger partial charge in [-0.05, 0) is 51.4 Å². The van der Waals surface area contributed by atoms with E-state index in [1.54, 1.807) is 12.1 Å². The van der Waals surface area contributed by atoms with Gasteiger partial charge in [0.2, 0.25) is 0 Å². The molecular formula is C16H20FN3O. The number of halogens is 1. The van der Waals surface area contributed by atoms with Crippen LogP contribution < -0.4 is 5.56 Å². The molecule has 2 heterocycles. The molecule has 0 spiro atoms. The Balaban J connectivity index is 1.79. The molecular weight excluding hydrogens is 269 g/mol. The molecule has 0 radical (unpaired) electrons. The number of nitrogens with zero attached hydrogens (tertiary/aromatic N) is 3. The van der Waals surface area contributed by atoms with E-state index in [9.17, 15) is 9.18 Å². The summed E-state index contributed by atoms with van der Waals surface area (Å²) in [6, 6.07) is 4.99. The van der Waals surface area contributed by atoms with Crippen LogP contribution in [0.3, 0.4) is 0 Å². The quantitative estimate of drug-likeness (QED) is 0.867. The van der Waals surface area contributed by atoms with Gasteiger partial charge < -0.3 is 4.90 Å². The SMILES string of the molecule is C[C@H](CCn1cnc2cccc(F)c2c1=O)N1CCCC1. The third-order valence-corrected chi connectivity index (χ3v) is 4.35. The van der Waals surface area contributed by atoms with E-state index in [0.717, 1.165) is 19.5 Å². The number of benzene rings is 1. The lowest BCUT2D eigenvalue weighted by Gasteiger charge is -2.23. The standard InChI is InChI=1S/C16H20FN3O/c1-12(19-8-2-3-9-19)7-10-20-11-18-14-6-4-5-13(17)15(14)16(20)21/h4-6,11-12H,2-3,7-10H2,1H3/t12-/m1/s1.